The van der Waals surface area contributed by atoms with E-state index >= 15 is 0 Å². The molecule has 19 heavy (non-hydrogen) atoms. The Morgan fingerprint density at radius 2 is 1.84 bits per heavy atom. The second-order valence-electron chi connectivity index (χ2n) is 5.88. The number of hydrogen-bond donors (Lipinski definition) is 1. The molecule has 0 radical (unpaired) electrons. The summed E-state index contributed by atoms with van der Waals surface area (Å²) < 4.78 is 0. The molecule has 0 bridgehead atoms. The lowest BCUT2D eigenvalue weighted by molar-refractivity contribution is -0.132. The Balaban J connectivity index is 0.00000110. The minimum absolute atomic E-state index is 0. The van der Waals surface area contributed by atoms with Crippen LogP contribution >= 0.6 is 12.4 Å². The number of benzene rings is 1. The first-order chi connectivity index (χ1) is 8.83. The van der Waals surface area contributed by atoms with Gasteiger partial charge in [-0.3, -0.25) is 4.79 Å². The molecule has 1 N–H and O–H groups in total. The van der Waals surface area contributed by atoms with Gasteiger partial charge in [-0.25, -0.2) is 0 Å². The summed E-state index contributed by atoms with van der Waals surface area (Å²) in [7, 11) is 0. The second-order valence-corrected chi connectivity index (χ2v) is 5.88. The van der Waals surface area contributed by atoms with Crippen LogP contribution in [0.1, 0.15) is 17.0 Å². The molecule has 2 saturated heterocycles. The van der Waals surface area contributed by atoms with Crippen LogP contribution < -0.4 is 5.32 Å². The normalized spacial score (nSPS) is 31.2. The zero-order chi connectivity index (χ0) is 12.1. The Hall–Kier alpha value is -1.06. The summed E-state index contributed by atoms with van der Waals surface area (Å²) in [5.41, 5.74) is 2.62. The monoisotopic (exact) mass is 278 g/mol. The molecule has 4 rings (SSSR count). The van der Waals surface area contributed by atoms with E-state index in [1.807, 2.05) is 6.07 Å². The molecule has 0 spiro atoms. The maximum atomic E-state index is 12.5. The van der Waals surface area contributed by atoms with Gasteiger partial charge in [-0.15, -0.1) is 12.4 Å². The van der Waals surface area contributed by atoms with Crippen molar-refractivity contribution in [2.24, 2.45) is 11.8 Å². The van der Waals surface area contributed by atoms with Gasteiger partial charge in [0.2, 0.25) is 5.91 Å². The molecule has 3 aliphatic rings. The van der Waals surface area contributed by atoms with Crippen molar-refractivity contribution in [2.75, 3.05) is 26.2 Å². The highest BCUT2D eigenvalue weighted by molar-refractivity contribution is 5.87. The highest BCUT2D eigenvalue weighted by Crippen LogP contribution is 2.38. The number of likely N-dealkylation sites (tertiary alicyclic amines) is 1. The third-order valence-electron chi connectivity index (χ3n) is 4.85. The summed E-state index contributed by atoms with van der Waals surface area (Å²) in [5.74, 6) is 1.91. The number of rotatable bonds is 1. The molecule has 102 valence electrons. The van der Waals surface area contributed by atoms with Crippen LogP contribution in [0.2, 0.25) is 0 Å². The van der Waals surface area contributed by atoms with Crippen molar-refractivity contribution in [1.29, 1.82) is 0 Å². The van der Waals surface area contributed by atoms with Crippen molar-refractivity contribution in [2.45, 2.75) is 12.3 Å². The van der Waals surface area contributed by atoms with Crippen LogP contribution in [0.5, 0.6) is 0 Å². The molecule has 2 fully saturated rings. The first-order valence-corrected chi connectivity index (χ1v) is 6.90. The van der Waals surface area contributed by atoms with Crippen LogP contribution in [0.25, 0.3) is 0 Å². The number of nitrogens with zero attached hydrogens (tertiary/aromatic N) is 1. The molecule has 2 heterocycles. The third kappa shape index (κ3) is 1.96. The zero-order valence-electron chi connectivity index (χ0n) is 10.8. The number of carbonyl (C=O) groups is 1. The van der Waals surface area contributed by atoms with Gasteiger partial charge in [0.1, 0.15) is 0 Å². The smallest absolute Gasteiger partial charge is 0.230 e. The molecular weight excluding hydrogens is 260 g/mol. The molecule has 3 nitrogen and oxygen atoms in total. The lowest BCUT2D eigenvalue weighted by Gasteiger charge is -2.32. The predicted octanol–water partition coefficient (Wildman–Crippen LogP) is 1.43. The van der Waals surface area contributed by atoms with Gasteiger partial charge >= 0.3 is 0 Å². The summed E-state index contributed by atoms with van der Waals surface area (Å²) >= 11 is 0. The number of fused-ring (bicyclic) bond motifs is 2. The van der Waals surface area contributed by atoms with E-state index in [2.05, 4.69) is 28.4 Å². The van der Waals surface area contributed by atoms with Crippen LogP contribution in [0.4, 0.5) is 0 Å². The molecule has 1 amide bonds. The summed E-state index contributed by atoms with van der Waals surface area (Å²) in [6.45, 7) is 4.12. The van der Waals surface area contributed by atoms with Crippen LogP contribution in [-0.4, -0.2) is 37.0 Å². The van der Waals surface area contributed by atoms with E-state index in [0.29, 0.717) is 17.7 Å². The Morgan fingerprint density at radius 3 is 2.53 bits per heavy atom. The van der Waals surface area contributed by atoms with Crippen LogP contribution in [-0.2, 0) is 11.2 Å². The van der Waals surface area contributed by atoms with E-state index in [4.69, 9.17) is 0 Å². The lowest BCUT2D eigenvalue weighted by atomic mass is 9.77. The van der Waals surface area contributed by atoms with Crippen molar-refractivity contribution >= 4 is 18.3 Å². The average molecular weight is 279 g/mol. The van der Waals surface area contributed by atoms with Gasteiger partial charge in [-0.2, -0.15) is 0 Å². The molecular formula is C15H19ClN2O. The van der Waals surface area contributed by atoms with Crippen LogP contribution in [0, 0.1) is 11.8 Å². The maximum Gasteiger partial charge on any atom is 0.230 e. The molecule has 1 aliphatic carbocycles. The number of hydrogen-bond acceptors (Lipinski definition) is 2. The van der Waals surface area contributed by atoms with E-state index in [1.165, 1.54) is 11.1 Å². The fourth-order valence-electron chi connectivity index (χ4n) is 3.73. The number of halogens is 1. The van der Waals surface area contributed by atoms with Crippen molar-refractivity contribution in [1.82, 2.24) is 10.2 Å². The van der Waals surface area contributed by atoms with Crippen molar-refractivity contribution in [3.05, 3.63) is 35.4 Å². The van der Waals surface area contributed by atoms with Gasteiger partial charge in [0.05, 0.1) is 5.92 Å². The Labute approximate surface area is 119 Å². The maximum absolute atomic E-state index is 12.5. The second kappa shape index (κ2) is 4.80. The fourth-order valence-corrected chi connectivity index (χ4v) is 3.73. The van der Waals surface area contributed by atoms with Gasteiger partial charge in [0.25, 0.3) is 0 Å². The molecule has 0 aromatic heterocycles. The molecule has 0 saturated carbocycles. The van der Waals surface area contributed by atoms with E-state index in [9.17, 15) is 4.79 Å². The molecule has 1 aromatic rings. The van der Waals surface area contributed by atoms with Gasteiger partial charge in [-0.1, -0.05) is 24.3 Å². The Morgan fingerprint density at radius 1 is 1.16 bits per heavy atom. The minimum Gasteiger partial charge on any atom is -0.341 e. The van der Waals surface area contributed by atoms with Crippen molar-refractivity contribution in [3.8, 4) is 0 Å². The summed E-state index contributed by atoms with van der Waals surface area (Å²) in [4.78, 5) is 14.6. The summed E-state index contributed by atoms with van der Waals surface area (Å²) in [6.07, 6.45) is 0.944. The van der Waals surface area contributed by atoms with Gasteiger partial charge in [-0.05, 0) is 29.4 Å². The number of amides is 1. The van der Waals surface area contributed by atoms with E-state index in [1.54, 1.807) is 0 Å². The molecule has 4 heteroatoms. The lowest BCUT2D eigenvalue weighted by Crippen LogP contribution is -2.39. The summed E-state index contributed by atoms with van der Waals surface area (Å²) in [5, 5.41) is 3.42. The highest BCUT2D eigenvalue weighted by atomic mass is 35.5. The van der Waals surface area contributed by atoms with Crippen LogP contribution in [0.3, 0.4) is 0 Å². The third-order valence-corrected chi connectivity index (χ3v) is 4.85. The first kappa shape index (κ1) is 12.9. The van der Waals surface area contributed by atoms with Crippen molar-refractivity contribution < 1.29 is 4.79 Å². The van der Waals surface area contributed by atoms with Gasteiger partial charge in [0.15, 0.2) is 0 Å². The fraction of sp³-hybridized carbons (Fsp3) is 0.533. The zero-order valence-corrected chi connectivity index (χ0v) is 11.7. The first-order valence-electron chi connectivity index (χ1n) is 6.90. The Bertz CT molecular complexity index is 493. The van der Waals surface area contributed by atoms with Crippen LogP contribution in [0.15, 0.2) is 24.3 Å². The number of carbonyl (C=O) groups excluding carboxylic acids is 1. The molecule has 2 aliphatic heterocycles. The van der Waals surface area contributed by atoms with E-state index in [0.717, 1.165) is 32.6 Å². The molecule has 1 aromatic carbocycles. The largest absolute Gasteiger partial charge is 0.341 e. The van der Waals surface area contributed by atoms with Gasteiger partial charge in [0, 0.05) is 26.2 Å². The highest BCUT2D eigenvalue weighted by Gasteiger charge is 2.42. The predicted molar refractivity (Wildman–Crippen MR) is 76.6 cm³/mol. The quantitative estimate of drug-likeness (QED) is 0.843. The van der Waals surface area contributed by atoms with E-state index in [-0.39, 0.29) is 18.3 Å². The van der Waals surface area contributed by atoms with E-state index < -0.39 is 0 Å². The average Bonchev–Trinajstić information content (AvgIpc) is 2.90. The van der Waals surface area contributed by atoms with Crippen molar-refractivity contribution in [3.63, 3.8) is 0 Å². The SMILES string of the molecule is Cl.O=C(C1Cc2ccccc21)N1C[C@H]2CNC[C@H]2C1. The topological polar surface area (TPSA) is 32.3 Å². The Kier molecular flexibility index (Phi) is 3.27. The molecule has 1 unspecified atom stereocenters. The number of nitrogens with one attached hydrogen (secondary N) is 1. The summed E-state index contributed by atoms with van der Waals surface area (Å²) in [6, 6.07) is 8.36. The minimum atomic E-state index is 0. The molecule has 3 atom stereocenters. The van der Waals surface area contributed by atoms with Gasteiger partial charge < -0.3 is 10.2 Å². The standard InChI is InChI=1S/C15H18N2O.ClH/c18-15(14-5-10-3-1-2-4-13(10)14)17-8-11-6-16-7-12(11)9-17;/h1-4,11-12,14,16H,5-9H2;1H/t11-,12+,14?;.